The van der Waals surface area contributed by atoms with E-state index < -0.39 is 0 Å². The number of nitrogens with one attached hydrogen (secondary N) is 2. The fourth-order valence-electron chi connectivity index (χ4n) is 1.98. The van der Waals surface area contributed by atoms with E-state index in [9.17, 15) is 0 Å². The third-order valence-corrected chi connectivity index (χ3v) is 3.07. The molecule has 1 aromatic carbocycles. The van der Waals surface area contributed by atoms with Gasteiger partial charge in [-0.1, -0.05) is 20.8 Å². The van der Waals surface area contributed by atoms with E-state index in [4.69, 9.17) is 4.74 Å². The summed E-state index contributed by atoms with van der Waals surface area (Å²) >= 11 is 0. The maximum absolute atomic E-state index is 5.45. The van der Waals surface area contributed by atoms with Crippen molar-refractivity contribution in [3.8, 4) is 5.75 Å². The molecule has 1 rings (SSSR count). The van der Waals surface area contributed by atoms with Gasteiger partial charge in [-0.25, -0.2) is 0 Å². The molecule has 18 heavy (non-hydrogen) atoms. The van der Waals surface area contributed by atoms with Crippen LogP contribution in [0.25, 0.3) is 0 Å². The molecule has 0 saturated carbocycles. The summed E-state index contributed by atoms with van der Waals surface area (Å²) in [5, 5.41) is 6.79. The van der Waals surface area contributed by atoms with E-state index in [1.807, 2.05) is 0 Å². The molecule has 0 radical (unpaired) electrons. The van der Waals surface area contributed by atoms with E-state index in [1.165, 1.54) is 16.8 Å². The smallest absolute Gasteiger partial charge is 0.122 e. The Labute approximate surface area is 111 Å². The topological polar surface area (TPSA) is 33.3 Å². The molecule has 102 valence electrons. The molecule has 0 aliphatic heterocycles. The standard InChI is InChI=1S/C15H26N2O/c1-6-16-7-8-17-14-10-13(11(2)3)15(18-5)9-12(14)4/h9-11,16-17H,6-8H2,1-5H3. The summed E-state index contributed by atoms with van der Waals surface area (Å²) < 4.78 is 5.45. The van der Waals surface area contributed by atoms with E-state index in [-0.39, 0.29) is 0 Å². The number of methoxy groups -OCH3 is 1. The maximum atomic E-state index is 5.45. The molecule has 0 atom stereocenters. The molecule has 3 heteroatoms. The zero-order chi connectivity index (χ0) is 13.5. The fourth-order valence-corrected chi connectivity index (χ4v) is 1.98. The van der Waals surface area contributed by atoms with Crippen LogP contribution in [0.5, 0.6) is 5.75 Å². The average Bonchev–Trinajstić information content (AvgIpc) is 2.35. The summed E-state index contributed by atoms with van der Waals surface area (Å²) in [6.07, 6.45) is 0. The molecule has 0 heterocycles. The Hall–Kier alpha value is -1.22. The first kappa shape index (κ1) is 14.8. The summed E-state index contributed by atoms with van der Waals surface area (Å²) in [4.78, 5) is 0. The predicted octanol–water partition coefficient (Wildman–Crippen LogP) is 3.15. The zero-order valence-electron chi connectivity index (χ0n) is 12.3. The molecule has 0 saturated heterocycles. The molecule has 0 aliphatic carbocycles. The largest absolute Gasteiger partial charge is 0.496 e. The van der Waals surface area contributed by atoms with Gasteiger partial charge in [0.05, 0.1) is 7.11 Å². The molecule has 0 aliphatic rings. The van der Waals surface area contributed by atoms with Crippen molar-refractivity contribution < 1.29 is 4.74 Å². The van der Waals surface area contributed by atoms with Crippen molar-refractivity contribution in [3.05, 3.63) is 23.3 Å². The highest BCUT2D eigenvalue weighted by Crippen LogP contribution is 2.31. The Morgan fingerprint density at radius 1 is 1.22 bits per heavy atom. The minimum absolute atomic E-state index is 0.467. The lowest BCUT2D eigenvalue weighted by atomic mass is 9.99. The molecule has 0 aromatic heterocycles. The molecule has 2 N–H and O–H groups in total. The van der Waals surface area contributed by atoms with Crippen molar-refractivity contribution in [3.63, 3.8) is 0 Å². The van der Waals surface area contributed by atoms with Crippen molar-refractivity contribution in [2.24, 2.45) is 0 Å². The van der Waals surface area contributed by atoms with Crippen molar-refractivity contribution in [2.75, 3.05) is 32.1 Å². The van der Waals surface area contributed by atoms with Crippen LogP contribution in [0.3, 0.4) is 0 Å². The summed E-state index contributed by atoms with van der Waals surface area (Å²) in [5.41, 5.74) is 3.69. The molecule has 0 amide bonds. The van der Waals surface area contributed by atoms with Crippen LogP contribution in [0.2, 0.25) is 0 Å². The molecule has 3 nitrogen and oxygen atoms in total. The third-order valence-electron chi connectivity index (χ3n) is 3.07. The molecule has 0 bridgehead atoms. The van der Waals surface area contributed by atoms with E-state index in [0.29, 0.717) is 5.92 Å². The monoisotopic (exact) mass is 250 g/mol. The molecule has 1 aromatic rings. The Balaban J connectivity index is 2.81. The number of likely N-dealkylation sites (N-methyl/N-ethyl adjacent to an activating group) is 1. The van der Waals surface area contributed by atoms with Gasteiger partial charge in [0.2, 0.25) is 0 Å². The number of hydrogen-bond acceptors (Lipinski definition) is 3. The van der Waals surface area contributed by atoms with Gasteiger partial charge in [-0.05, 0) is 42.6 Å². The van der Waals surface area contributed by atoms with Gasteiger partial charge in [0.1, 0.15) is 5.75 Å². The van der Waals surface area contributed by atoms with Crippen LogP contribution in [0, 0.1) is 6.92 Å². The third kappa shape index (κ3) is 3.91. The van der Waals surface area contributed by atoms with Crippen LogP contribution in [-0.4, -0.2) is 26.7 Å². The SMILES string of the molecule is CCNCCNc1cc(C(C)C)c(OC)cc1C. The van der Waals surface area contributed by atoms with Gasteiger partial charge in [0, 0.05) is 18.8 Å². The Morgan fingerprint density at radius 2 is 1.94 bits per heavy atom. The van der Waals surface area contributed by atoms with Crippen molar-refractivity contribution in [1.82, 2.24) is 5.32 Å². The summed E-state index contributed by atoms with van der Waals surface area (Å²) in [6.45, 7) is 11.6. The number of anilines is 1. The lowest BCUT2D eigenvalue weighted by Crippen LogP contribution is -2.21. The minimum Gasteiger partial charge on any atom is -0.496 e. The highest BCUT2D eigenvalue weighted by molar-refractivity contribution is 5.58. The molecular weight excluding hydrogens is 224 g/mol. The van der Waals surface area contributed by atoms with E-state index in [2.05, 4.69) is 50.5 Å². The van der Waals surface area contributed by atoms with E-state index >= 15 is 0 Å². The first-order chi connectivity index (χ1) is 8.60. The number of benzene rings is 1. The van der Waals surface area contributed by atoms with Crippen LogP contribution in [0.4, 0.5) is 5.69 Å². The number of rotatable bonds is 7. The highest BCUT2D eigenvalue weighted by Gasteiger charge is 2.10. The summed E-state index contributed by atoms with van der Waals surface area (Å²) in [6, 6.07) is 4.33. The molecule has 0 fully saturated rings. The Bertz CT molecular complexity index is 375. The number of hydrogen-bond donors (Lipinski definition) is 2. The molecule has 0 unspecified atom stereocenters. The average molecular weight is 250 g/mol. The van der Waals surface area contributed by atoms with E-state index in [0.717, 1.165) is 25.4 Å². The van der Waals surface area contributed by atoms with Crippen molar-refractivity contribution >= 4 is 5.69 Å². The lowest BCUT2D eigenvalue weighted by Gasteiger charge is -2.17. The number of aryl methyl sites for hydroxylation is 1. The van der Waals surface area contributed by atoms with Crippen molar-refractivity contribution in [2.45, 2.75) is 33.6 Å². The molecular formula is C15H26N2O. The van der Waals surface area contributed by atoms with Gasteiger partial charge in [-0.2, -0.15) is 0 Å². The quantitative estimate of drug-likeness (QED) is 0.729. The fraction of sp³-hybridized carbons (Fsp3) is 0.600. The first-order valence-electron chi connectivity index (χ1n) is 6.73. The van der Waals surface area contributed by atoms with Crippen LogP contribution in [-0.2, 0) is 0 Å². The second-order valence-corrected chi connectivity index (χ2v) is 4.84. The van der Waals surface area contributed by atoms with Crippen LogP contribution in [0.1, 0.15) is 37.8 Å². The lowest BCUT2D eigenvalue weighted by molar-refractivity contribution is 0.407. The predicted molar refractivity (Wildman–Crippen MR) is 78.9 cm³/mol. The highest BCUT2D eigenvalue weighted by atomic mass is 16.5. The van der Waals surface area contributed by atoms with Crippen LogP contribution < -0.4 is 15.4 Å². The maximum Gasteiger partial charge on any atom is 0.122 e. The summed E-state index contributed by atoms with van der Waals surface area (Å²) in [7, 11) is 1.74. The van der Waals surface area contributed by atoms with Gasteiger partial charge in [0.15, 0.2) is 0 Å². The van der Waals surface area contributed by atoms with E-state index in [1.54, 1.807) is 7.11 Å². The summed E-state index contributed by atoms with van der Waals surface area (Å²) in [5.74, 6) is 1.45. The second-order valence-electron chi connectivity index (χ2n) is 4.84. The van der Waals surface area contributed by atoms with Crippen LogP contribution in [0.15, 0.2) is 12.1 Å². The van der Waals surface area contributed by atoms with Gasteiger partial charge >= 0.3 is 0 Å². The van der Waals surface area contributed by atoms with Gasteiger partial charge in [-0.3, -0.25) is 0 Å². The molecule has 0 spiro atoms. The van der Waals surface area contributed by atoms with Gasteiger partial charge in [0.25, 0.3) is 0 Å². The van der Waals surface area contributed by atoms with Crippen molar-refractivity contribution in [1.29, 1.82) is 0 Å². The van der Waals surface area contributed by atoms with Crippen LogP contribution >= 0.6 is 0 Å². The normalized spacial score (nSPS) is 10.8. The zero-order valence-corrected chi connectivity index (χ0v) is 12.3. The first-order valence-corrected chi connectivity index (χ1v) is 6.73. The van der Waals surface area contributed by atoms with Gasteiger partial charge in [-0.15, -0.1) is 0 Å². The number of ether oxygens (including phenoxy) is 1. The Kier molecular flexibility index (Phi) is 5.99. The second kappa shape index (κ2) is 7.27. The van der Waals surface area contributed by atoms with Gasteiger partial charge < -0.3 is 15.4 Å². The minimum atomic E-state index is 0.467. The Morgan fingerprint density at radius 3 is 2.50 bits per heavy atom.